The van der Waals surface area contributed by atoms with Crippen molar-refractivity contribution in [3.05, 3.63) is 65.7 Å². The van der Waals surface area contributed by atoms with Crippen molar-refractivity contribution in [2.75, 3.05) is 13.7 Å². The topological polar surface area (TPSA) is 89.5 Å². The number of ether oxygens (including phenoxy) is 6. The number of benzene rings is 2. The number of esters is 2. The van der Waals surface area contributed by atoms with Gasteiger partial charge < -0.3 is 28.4 Å². The maximum Gasteiger partial charge on any atom is 0.305 e. The molecule has 1 aliphatic rings. The van der Waals surface area contributed by atoms with Crippen molar-refractivity contribution >= 4 is 11.9 Å². The van der Waals surface area contributed by atoms with E-state index in [0.717, 1.165) is 16.9 Å². The van der Waals surface area contributed by atoms with Crippen molar-refractivity contribution in [2.24, 2.45) is 0 Å². The zero-order valence-corrected chi connectivity index (χ0v) is 19.1. The molecule has 1 saturated heterocycles. The van der Waals surface area contributed by atoms with Crippen LogP contribution in [0.1, 0.15) is 31.4 Å². The summed E-state index contributed by atoms with van der Waals surface area (Å²) in [6.45, 7) is 3.27. The van der Waals surface area contributed by atoms with E-state index in [4.69, 9.17) is 28.4 Å². The fraction of sp³-hybridized carbons (Fsp3) is 0.440. The van der Waals surface area contributed by atoms with Crippen LogP contribution in [0.5, 0.6) is 5.75 Å². The summed E-state index contributed by atoms with van der Waals surface area (Å²) in [5.41, 5.74) is 1.92. The van der Waals surface area contributed by atoms with E-state index >= 15 is 0 Å². The van der Waals surface area contributed by atoms with E-state index in [-0.39, 0.29) is 13.2 Å². The Labute approximate surface area is 193 Å². The van der Waals surface area contributed by atoms with Crippen LogP contribution in [0.25, 0.3) is 0 Å². The van der Waals surface area contributed by atoms with E-state index in [1.54, 1.807) is 7.11 Å². The summed E-state index contributed by atoms with van der Waals surface area (Å²) in [6, 6.07) is 17.2. The molecule has 0 N–H and O–H groups in total. The summed E-state index contributed by atoms with van der Waals surface area (Å²) in [7, 11) is 1.61. The third kappa shape index (κ3) is 7.85. The Morgan fingerprint density at radius 2 is 1.58 bits per heavy atom. The third-order valence-corrected chi connectivity index (χ3v) is 5.12. The van der Waals surface area contributed by atoms with Crippen LogP contribution in [-0.4, -0.2) is 50.3 Å². The smallest absolute Gasteiger partial charge is 0.305 e. The Morgan fingerprint density at radius 3 is 2.21 bits per heavy atom. The van der Waals surface area contributed by atoms with Crippen molar-refractivity contribution in [2.45, 2.75) is 58.1 Å². The van der Waals surface area contributed by atoms with Gasteiger partial charge in [0.2, 0.25) is 6.29 Å². The van der Waals surface area contributed by atoms with Crippen molar-refractivity contribution < 1.29 is 38.0 Å². The minimum absolute atomic E-state index is 0.0312. The first-order valence-electron chi connectivity index (χ1n) is 10.8. The molecule has 0 aromatic heterocycles. The minimum Gasteiger partial charge on any atom is -0.497 e. The first kappa shape index (κ1) is 24.7. The van der Waals surface area contributed by atoms with Crippen LogP contribution >= 0.6 is 0 Å². The van der Waals surface area contributed by atoms with E-state index in [1.165, 1.54) is 13.8 Å². The summed E-state index contributed by atoms with van der Waals surface area (Å²) in [6.07, 6.45) is -2.23. The molecule has 1 aliphatic heterocycles. The number of carbonyl (C=O) groups is 2. The summed E-state index contributed by atoms with van der Waals surface area (Å²) >= 11 is 0. The molecule has 33 heavy (non-hydrogen) atoms. The highest BCUT2D eigenvalue weighted by Crippen LogP contribution is 2.28. The van der Waals surface area contributed by atoms with Crippen LogP contribution in [-0.2, 0) is 46.5 Å². The van der Waals surface area contributed by atoms with E-state index in [9.17, 15) is 9.59 Å². The largest absolute Gasteiger partial charge is 0.497 e. The first-order valence-corrected chi connectivity index (χ1v) is 10.8. The second-order valence-corrected chi connectivity index (χ2v) is 7.73. The Hall–Kier alpha value is -2.94. The summed E-state index contributed by atoms with van der Waals surface area (Å²) in [5.74, 6) is -0.176. The highest BCUT2D eigenvalue weighted by molar-refractivity contribution is 5.66. The van der Waals surface area contributed by atoms with Gasteiger partial charge in [-0.15, -0.1) is 0 Å². The fourth-order valence-corrected chi connectivity index (χ4v) is 3.51. The van der Waals surface area contributed by atoms with Crippen molar-refractivity contribution in [3.63, 3.8) is 0 Å². The first-order chi connectivity index (χ1) is 15.9. The number of rotatable bonds is 10. The molecule has 3 rings (SSSR count). The average Bonchev–Trinajstić information content (AvgIpc) is 2.81. The van der Waals surface area contributed by atoms with Gasteiger partial charge >= 0.3 is 11.9 Å². The summed E-state index contributed by atoms with van der Waals surface area (Å²) in [5, 5.41) is 0. The Kier molecular flexibility index (Phi) is 9.24. The number of carbonyl (C=O) groups excluding carboxylic acids is 2. The van der Waals surface area contributed by atoms with Crippen LogP contribution in [0.4, 0.5) is 0 Å². The lowest BCUT2D eigenvalue weighted by atomic mass is 10.0. The normalized spacial score (nSPS) is 22.4. The number of methoxy groups -OCH3 is 1. The van der Waals surface area contributed by atoms with Gasteiger partial charge in [0, 0.05) is 20.3 Å². The van der Waals surface area contributed by atoms with E-state index in [2.05, 4.69) is 0 Å². The maximum absolute atomic E-state index is 11.8. The summed E-state index contributed by atoms with van der Waals surface area (Å²) in [4.78, 5) is 23.0. The van der Waals surface area contributed by atoms with Crippen LogP contribution in [0, 0.1) is 0 Å². The van der Waals surface area contributed by atoms with Gasteiger partial charge in [-0.3, -0.25) is 9.59 Å². The van der Waals surface area contributed by atoms with Crippen molar-refractivity contribution in [3.8, 4) is 5.75 Å². The van der Waals surface area contributed by atoms with Gasteiger partial charge in [0.25, 0.3) is 0 Å². The van der Waals surface area contributed by atoms with E-state index in [0.29, 0.717) is 13.0 Å². The summed E-state index contributed by atoms with van der Waals surface area (Å²) < 4.78 is 34.0. The van der Waals surface area contributed by atoms with Gasteiger partial charge in [0.15, 0.2) is 0 Å². The van der Waals surface area contributed by atoms with Crippen LogP contribution in [0.3, 0.4) is 0 Å². The highest BCUT2D eigenvalue weighted by atomic mass is 16.7. The lowest BCUT2D eigenvalue weighted by Gasteiger charge is -2.40. The Balaban J connectivity index is 1.75. The van der Waals surface area contributed by atoms with E-state index in [1.807, 2.05) is 54.6 Å². The molecular weight excluding hydrogens is 428 g/mol. The average molecular weight is 459 g/mol. The lowest BCUT2D eigenvalue weighted by molar-refractivity contribution is -0.282. The monoisotopic (exact) mass is 458 g/mol. The van der Waals surface area contributed by atoms with Crippen molar-refractivity contribution in [1.29, 1.82) is 0 Å². The van der Waals surface area contributed by atoms with Gasteiger partial charge in [0.1, 0.15) is 18.5 Å². The van der Waals surface area contributed by atoms with E-state index < -0.39 is 36.5 Å². The molecule has 8 nitrogen and oxygen atoms in total. The van der Waals surface area contributed by atoms with Gasteiger partial charge in [-0.1, -0.05) is 42.5 Å². The quantitative estimate of drug-likeness (QED) is 0.501. The lowest BCUT2D eigenvalue weighted by Crippen LogP contribution is -2.53. The molecule has 0 spiro atoms. The molecule has 2 aromatic carbocycles. The van der Waals surface area contributed by atoms with Gasteiger partial charge in [-0.25, -0.2) is 0 Å². The Bertz CT molecular complexity index is 883. The third-order valence-electron chi connectivity index (χ3n) is 5.12. The Morgan fingerprint density at radius 1 is 0.909 bits per heavy atom. The predicted molar refractivity (Wildman–Crippen MR) is 118 cm³/mol. The minimum atomic E-state index is -1.00. The molecule has 4 atom stereocenters. The molecule has 0 aliphatic carbocycles. The highest BCUT2D eigenvalue weighted by Gasteiger charge is 2.42. The second kappa shape index (κ2) is 12.3. The zero-order valence-electron chi connectivity index (χ0n) is 19.1. The molecule has 0 amide bonds. The SMILES string of the molecule is COc1ccc(COC2C(OC(C)=O)OC(COC(C)=O)C[C@@H]2OCc2ccccc2)cc1. The molecule has 1 heterocycles. The van der Waals surface area contributed by atoms with Crippen LogP contribution in [0.2, 0.25) is 0 Å². The van der Waals surface area contributed by atoms with Crippen molar-refractivity contribution in [1.82, 2.24) is 0 Å². The van der Waals surface area contributed by atoms with Crippen LogP contribution in [0.15, 0.2) is 54.6 Å². The second-order valence-electron chi connectivity index (χ2n) is 7.73. The standard InChI is InChI=1S/C25H30O8/c1-17(26)29-16-22-13-23(30-14-19-7-5-4-6-8-19)24(25(33-22)32-18(2)27)31-15-20-9-11-21(28-3)12-10-20/h4-12,22-25H,13-16H2,1-3H3/t22?,23-,24?,25?/m0/s1. The number of hydrogen-bond acceptors (Lipinski definition) is 8. The zero-order chi connectivity index (χ0) is 23.6. The molecule has 0 bridgehead atoms. The number of hydrogen-bond donors (Lipinski definition) is 0. The predicted octanol–water partition coefficient (Wildman–Crippen LogP) is 3.41. The maximum atomic E-state index is 11.8. The molecule has 3 unspecified atom stereocenters. The molecule has 8 heteroatoms. The molecule has 0 saturated carbocycles. The fourth-order valence-electron chi connectivity index (χ4n) is 3.51. The molecule has 178 valence electrons. The molecule has 2 aromatic rings. The van der Waals surface area contributed by atoms with Gasteiger partial charge in [-0.05, 0) is 23.3 Å². The van der Waals surface area contributed by atoms with Crippen LogP contribution < -0.4 is 4.74 Å². The molecular formula is C25H30O8. The molecule has 1 fully saturated rings. The molecule has 0 radical (unpaired) electrons. The van der Waals surface area contributed by atoms with Gasteiger partial charge in [-0.2, -0.15) is 0 Å². The van der Waals surface area contributed by atoms with Gasteiger partial charge in [0.05, 0.1) is 32.5 Å².